The van der Waals surface area contributed by atoms with E-state index in [9.17, 15) is 14.4 Å². The zero-order valence-electron chi connectivity index (χ0n) is 18.1. The number of rotatable bonds is 6. The van der Waals surface area contributed by atoms with Gasteiger partial charge in [-0.1, -0.05) is 28.1 Å². The Morgan fingerprint density at radius 2 is 1.88 bits per heavy atom. The maximum atomic E-state index is 13.2. The maximum Gasteiger partial charge on any atom is 0.331 e. The molecule has 170 valence electrons. The molecule has 0 spiro atoms. The molecule has 1 aliphatic heterocycles. The van der Waals surface area contributed by atoms with Crippen molar-refractivity contribution < 1.29 is 4.79 Å². The Hall–Kier alpha value is -3.63. The van der Waals surface area contributed by atoms with Crippen molar-refractivity contribution in [1.82, 2.24) is 30.4 Å². The minimum absolute atomic E-state index is 0.141. The quantitative estimate of drug-likeness (QED) is 0.465. The second-order valence-electron chi connectivity index (χ2n) is 7.53. The predicted octanol–water partition coefficient (Wildman–Crippen LogP) is 1.59. The molecule has 0 aliphatic carbocycles. The summed E-state index contributed by atoms with van der Waals surface area (Å²) in [6, 6.07) is 12.2. The molecule has 9 nitrogen and oxygen atoms in total. The van der Waals surface area contributed by atoms with Gasteiger partial charge in [0.2, 0.25) is 0 Å². The van der Waals surface area contributed by atoms with Crippen LogP contribution < -0.4 is 27.4 Å². The molecule has 1 amide bonds. The van der Waals surface area contributed by atoms with E-state index in [-0.39, 0.29) is 12.5 Å². The van der Waals surface area contributed by atoms with Crippen LogP contribution in [0.4, 0.5) is 0 Å². The van der Waals surface area contributed by atoms with Gasteiger partial charge in [-0.2, -0.15) is 0 Å². The molecular formula is C23H23BrN6O3. The number of aryl methyl sites for hydroxylation is 1. The minimum Gasteiger partial charge on any atom is -0.348 e. The van der Waals surface area contributed by atoms with E-state index in [4.69, 9.17) is 0 Å². The number of fused-ring (bicyclic) bond motifs is 1. The smallest absolute Gasteiger partial charge is 0.331 e. The fourth-order valence-corrected chi connectivity index (χ4v) is 3.82. The first-order valence-electron chi connectivity index (χ1n) is 10.2. The lowest BCUT2D eigenvalue weighted by molar-refractivity contribution is 0.0957. The van der Waals surface area contributed by atoms with Crippen molar-refractivity contribution in [2.24, 2.45) is 7.05 Å². The summed E-state index contributed by atoms with van der Waals surface area (Å²) in [5, 5.41) is 4.83. The van der Waals surface area contributed by atoms with Crippen LogP contribution in [0.5, 0.6) is 0 Å². The lowest BCUT2D eigenvalue weighted by Crippen LogP contribution is -2.41. The number of hydrazine groups is 2. The molecule has 1 aliphatic rings. The number of hydrogen-bond acceptors (Lipinski definition) is 6. The van der Waals surface area contributed by atoms with Crippen molar-refractivity contribution in [1.29, 1.82) is 0 Å². The number of carbonyl (C=O) groups is 1. The Bertz CT molecular complexity index is 1390. The third kappa shape index (κ3) is 4.76. The summed E-state index contributed by atoms with van der Waals surface area (Å²) in [7, 11) is 3.39. The minimum atomic E-state index is -0.431. The molecule has 4 rings (SSSR count). The Kier molecular flexibility index (Phi) is 6.47. The number of amides is 1. The maximum absolute atomic E-state index is 13.2. The van der Waals surface area contributed by atoms with Crippen LogP contribution in [-0.2, 0) is 13.6 Å². The SMILES string of the molecule is CNN1C=C(CNC(=O)c2ccc3c(c2)c(=O)n(Cc2ccc(Br)cc2)c(=O)n3C)C=CN1. The fraction of sp³-hybridized carbons (Fsp3) is 0.174. The van der Waals surface area contributed by atoms with Gasteiger partial charge in [-0.25, -0.2) is 15.3 Å². The summed E-state index contributed by atoms with van der Waals surface area (Å²) in [5.74, 6) is -0.312. The molecule has 2 heterocycles. The van der Waals surface area contributed by atoms with Crippen molar-refractivity contribution in [3.8, 4) is 0 Å². The van der Waals surface area contributed by atoms with Gasteiger partial charge in [-0.05, 0) is 47.5 Å². The topological polar surface area (TPSA) is 100 Å². The Morgan fingerprint density at radius 1 is 1.12 bits per heavy atom. The van der Waals surface area contributed by atoms with Gasteiger partial charge in [0.15, 0.2) is 0 Å². The molecule has 0 fully saturated rings. The van der Waals surface area contributed by atoms with E-state index in [1.165, 1.54) is 15.2 Å². The molecule has 0 bridgehead atoms. The summed E-state index contributed by atoms with van der Waals surface area (Å²) < 4.78 is 3.52. The van der Waals surface area contributed by atoms with Crippen molar-refractivity contribution in [2.75, 3.05) is 13.6 Å². The molecular weight excluding hydrogens is 488 g/mol. The van der Waals surface area contributed by atoms with Crippen molar-refractivity contribution in [3.05, 3.63) is 103 Å². The van der Waals surface area contributed by atoms with E-state index in [0.29, 0.717) is 23.0 Å². The summed E-state index contributed by atoms with van der Waals surface area (Å²) in [6.45, 7) is 0.454. The van der Waals surface area contributed by atoms with E-state index in [1.807, 2.05) is 36.5 Å². The highest BCUT2D eigenvalue weighted by Gasteiger charge is 2.15. The summed E-state index contributed by atoms with van der Waals surface area (Å²) in [6.07, 6.45) is 5.42. The Balaban J connectivity index is 1.63. The zero-order chi connectivity index (χ0) is 23.5. The molecule has 3 N–H and O–H groups in total. The standard InChI is InChI=1S/C23H23BrN6O3/c1-25-30-14-16(9-10-27-30)12-26-21(31)17-5-8-20-19(11-17)22(32)29(23(33)28(20)2)13-15-3-6-18(24)7-4-15/h3-11,14,25,27H,12-13H2,1-2H3,(H,26,31). The van der Waals surface area contributed by atoms with E-state index in [0.717, 1.165) is 15.6 Å². The van der Waals surface area contributed by atoms with Crippen LogP contribution in [-0.4, -0.2) is 33.8 Å². The number of hydrogen-bond donors (Lipinski definition) is 3. The van der Waals surface area contributed by atoms with Crippen LogP contribution in [0.3, 0.4) is 0 Å². The predicted molar refractivity (Wildman–Crippen MR) is 130 cm³/mol. The van der Waals surface area contributed by atoms with Crippen molar-refractivity contribution >= 4 is 32.7 Å². The molecule has 0 saturated carbocycles. The number of halogens is 1. The fourth-order valence-electron chi connectivity index (χ4n) is 3.56. The monoisotopic (exact) mass is 510 g/mol. The second-order valence-corrected chi connectivity index (χ2v) is 8.45. The zero-order valence-corrected chi connectivity index (χ0v) is 19.7. The van der Waals surface area contributed by atoms with Crippen LogP contribution in [0, 0.1) is 0 Å². The normalized spacial score (nSPS) is 13.1. The van der Waals surface area contributed by atoms with E-state index >= 15 is 0 Å². The van der Waals surface area contributed by atoms with Crippen LogP contribution in [0.2, 0.25) is 0 Å². The number of nitrogens with zero attached hydrogens (tertiary/aromatic N) is 3. The Labute approximate surface area is 198 Å². The highest BCUT2D eigenvalue weighted by molar-refractivity contribution is 9.10. The first-order valence-corrected chi connectivity index (χ1v) is 11.0. The van der Waals surface area contributed by atoms with Gasteiger partial charge < -0.3 is 5.32 Å². The lowest BCUT2D eigenvalue weighted by atomic mass is 10.1. The van der Waals surface area contributed by atoms with Gasteiger partial charge in [0, 0.05) is 43.1 Å². The second kappa shape index (κ2) is 9.47. The van der Waals surface area contributed by atoms with E-state index in [2.05, 4.69) is 32.1 Å². The van der Waals surface area contributed by atoms with Crippen LogP contribution >= 0.6 is 15.9 Å². The third-order valence-corrected chi connectivity index (χ3v) is 5.90. The number of aromatic nitrogens is 2. The van der Waals surface area contributed by atoms with Gasteiger partial charge in [0.05, 0.1) is 17.4 Å². The molecule has 3 aromatic rings. The summed E-state index contributed by atoms with van der Waals surface area (Å²) in [4.78, 5) is 38.8. The molecule has 0 unspecified atom stereocenters. The van der Waals surface area contributed by atoms with Gasteiger partial charge in [0.1, 0.15) is 0 Å². The molecule has 0 saturated heterocycles. The largest absolute Gasteiger partial charge is 0.348 e. The number of benzene rings is 2. The average Bonchev–Trinajstić information content (AvgIpc) is 2.84. The first kappa shape index (κ1) is 22.6. The number of nitrogens with one attached hydrogen (secondary N) is 3. The molecule has 33 heavy (non-hydrogen) atoms. The van der Waals surface area contributed by atoms with Crippen LogP contribution in [0.25, 0.3) is 10.9 Å². The summed E-state index contributed by atoms with van der Waals surface area (Å²) in [5.41, 5.74) is 7.58. The average molecular weight is 511 g/mol. The molecule has 0 radical (unpaired) electrons. The first-order chi connectivity index (χ1) is 15.9. The van der Waals surface area contributed by atoms with E-state index < -0.39 is 11.2 Å². The number of carbonyl (C=O) groups excluding carboxylic acids is 1. The molecule has 10 heteroatoms. The van der Waals surface area contributed by atoms with Crippen LogP contribution in [0.15, 0.2) is 80.6 Å². The van der Waals surface area contributed by atoms with Gasteiger partial charge in [0.25, 0.3) is 11.5 Å². The third-order valence-electron chi connectivity index (χ3n) is 5.37. The van der Waals surface area contributed by atoms with Crippen molar-refractivity contribution in [3.63, 3.8) is 0 Å². The lowest BCUT2D eigenvalue weighted by Gasteiger charge is -2.23. The van der Waals surface area contributed by atoms with Gasteiger partial charge in [-0.15, -0.1) is 0 Å². The van der Waals surface area contributed by atoms with Gasteiger partial charge >= 0.3 is 5.69 Å². The highest BCUT2D eigenvalue weighted by atomic mass is 79.9. The van der Waals surface area contributed by atoms with E-state index in [1.54, 1.807) is 37.5 Å². The Morgan fingerprint density at radius 3 is 2.61 bits per heavy atom. The summed E-state index contributed by atoms with van der Waals surface area (Å²) >= 11 is 3.38. The molecule has 1 aromatic heterocycles. The molecule has 2 aromatic carbocycles. The van der Waals surface area contributed by atoms with Crippen LogP contribution in [0.1, 0.15) is 15.9 Å². The molecule has 0 atom stereocenters. The van der Waals surface area contributed by atoms with Crippen molar-refractivity contribution in [2.45, 2.75) is 6.54 Å². The highest BCUT2D eigenvalue weighted by Crippen LogP contribution is 2.13. The van der Waals surface area contributed by atoms with Gasteiger partial charge in [-0.3, -0.25) is 24.1 Å².